The van der Waals surface area contributed by atoms with Crippen LogP contribution in [0.15, 0.2) is 6.20 Å². The summed E-state index contributed by atoms with van der Waals surface area (Å²) in [7, 11) is 0. The summed E-state index contributed by atoms with van der Waals surface area (Å²) in [5.41, 5.74) is 6.79. The van der Waals surface area contributed by atoms with Crippen LogP contribution in [-0.2, 0) is 0 Å². The molecule has 1 aliphatic heterocycles. The van der Waals surface area contributed by atoms with Crippen LogP contribution in [0.1, 0.15) is 24.8 Å². The highest BCUT2D eigenvalue weighted by Crippen LogP contribution is 2.25. The second kappa shape index (κ2) is 5.58. The lowest BCUT2D eigenvalue weighted by Crippen LogP contribution is -2.26. The van der Waals surface area contributed by atoms with Gasteiger partial charge in [-0.15, -0.1) is 0 Å². The zero-order valence-corrected chi connectivity index (χ0v) is 11.3. The van der Waals surface area contributed by atoms with Crippen LogP contribution >= 0.6 is 11.8 Å². The highest BCUT2D eigenvalue weighted by atomic mass is 32.2. The molecule has 0 spiro atoms. The average molecular weight is 252 g/mol. The maximum atomic E-state index is 5.67. The van der Waals surface area contributed by atoms with Gasteiger partial charge in [-0.05, 0) is 32.4 Å². The van der Waals surface area contributed by atoms with Gasteiger partial charge in [0.05, 0.1) is 0 Å². The Kier molecular flexibility index (Phi) is 4.10. The largest absolute Gasteiger partial charge is 0.368 e. The van der Waals surface area contributed by atoms with E-state index in [0.29, 0.717) is 5.95 Å². The molecule has 1 saturated heterocycles. The Morgan fingerprint density at radius 2 is 2.24 bits per heavy atom. The van der Waals surface area contributed by atoms with Crippen molar-refractivity contribution in [2.75, 3.05) is 30.0 Å². The quantitative estimate of drug-likeness (QED) is 0.873. The molecule has 1 unspecified atom stereocenters. The molecular weight excluding hydrogens is 232 g/mol. The van der Waals surface area contributed by atoms with Gasteiger partial charge in [0.15, 0.2) is 0 Å². The minimum Gasteiger partial charge on any atom is -0.368 e. The number of nitrogens with zero attached hydrogens (tertiary/aromatic N) is 3. The van der Waals surface area contributed by atoms with Gasteiger partial charge in [0.25, 0.3) is 0 Å². The minimum absolute atomic E-state index is 0.372. The summed E-state index contributed by atoms with van der Waals surface area (Å²) in [5.74, 6) is 1.38. The van der Waals surface area contributed by atoms with Gasteiger partial charge in [-0.25, -0.2) is 4.98 Å². The van der Waals surface area contributed by atoms with Crippen molar-refractivity contribution < 1.29 is 0 Å². The van der Waals surface area contributed by atoms with E-state index in [1.54, 1.807) is 0 Å². The monoisotopic (exact) mass is 252 g/mol. The number of aryl methyl sites for hydroxylation is 1. The second-order valence-electron chi connectivity index (χ2n) is 4.51. The number of aromatic nitrogens is 2. The van der Waals surface area contributed by atoms with Crippen LogP contribution in [0.2, 0.25) is 0 Å². The fraction of sp³-hybridized carbons (Fsp3) is 0.667. The van der Waals surface area contributed by atoms with Crippen LogP contribution in [0.5, 0.6) is 0 Å². The molecule has 2 N–H and O–H groups in total. The number of hydrogen-bond acceptors (Lipinski definition) is 5. The molecule has 0 aromatic carbocycles. The van der Waals surface area contributed by atoms with Gasteiger partial charge < -0.3 is 10.6 Å². The summed E-state index contributed by atoms with van der Waals surface area (Å²) in [4.78, 5) is 10.8. The number of nitrogen functional groups attached to an aromatic ring is 1. The maximum Gasteiger partial charge on any atom is 0.221 e. The summed E-state index contributed by atoms with van der Waals surface area (Å²) < 4.78 is 0. The first-order valence-corrected chi connectivity index (χ1v) is 7.36. The van der Waals surface area contributed by atoms with E-state index >= 15 is 0 Å². The van der Waals surface area contributed by atoms with Gasteiger partial charge in [-0.2, -0.15) is 16.7 Å². The van der Waals surface area contributed by atoms with Gasteiger partial charge in [-0.3, -0.25) is 0 Å². The molecule has 0 aliphatic carbocycles. The smallest absolute Gasteiger partial charge is 0.221 e. The summed E-state index contributed by atoms with van der Waals surface area (Å²) in [6.45, 7) is 4.20. The van der Waals surface area contributed by atoms with E-state index < -0.39 is 0 Å². The van der Waals surface area contributed by atoms with Crippen molar-refractivity contribution in [2.24, 2.45) is 0 Å². The van der Waals surface area contributed by atoms with Crippen LogP contribution in [0.4, 0.5) is 11.8 Å². The van der Waals surface area contributed by atoms with Gasteiger partial charge in [0.2, 0.25) is 5.95 Å². The molecule has 0 radical (unpaired) electrons. The normalized spacial score (nSPS) is 21.3. The van der Waals surface area contributed by atoms with Crippen LogP contribution in [0.3, 0.4) is 0 Å². The molecular formula is C12H20N4S. The Labute approximate surface area is 107 Å². The van der Waals surface area contributed by atoms with Crippen molar-refractivity contribution in [3.05, 3.63) is 11.8 Å². The molecule has 17 heavy (non-hydrogen) atoms. The van der Waals surface area contributed by atoms with Crippen molar-refractivity contribution in [1.29, 1.82) is 0 Å². The summed E-state index contributed by atoms with van der Waals surface area (Å²) in [6.07, 6.45) is 7.78. The van der Waals surface area contributed by atoms with Crippen molar-refractivity contribution in [3.8, 4) is 0 Å². The molecule has 1 aromatic heterocycles. The molecule has 1 aromatic rings. The summed E-state index contributed by atoms with van der Waals surface area (Å²) in [5, 5.41) is 0.791. The Bertz CT molecular complexity index is 383. The third kappa shape index (κ3) is 3.03. The highest BCUT2D eigenvalue weighted by Gasteiger charge is 2.18. The van der Waals surface area contributed by atoms with Crippen molar-refractivity contribution in [2.45, 2.75) is 31.4 Å². The van der Waals surface area contributed by atoms with Crippen LogP contribution in [0, 0.1) is 6.92 Å². The van der Waals surface area contributed by atoms with E-state index in [2.05, 4.69) is 21.1 Å². The van der Waals surface area contributed by atoms with E-state index in [9.17, 15) is 0 Å². The van der Waals surface area contributed by atoms with E-state index in [-0.39, 0.29) is 0 Å². The summed E-state index contributed by atoms with van der Waals surface area (Å²) in [6, 6.07) is 0. The third-order valence-electron chi connectivity index (χ3n) is 3.27. The van der Waals surface area contributed by atoms with Crippen molar-refractivity contribution in [1.82, 2.24) is 9.97 Å². The molecule has 5 heteroatoms. The third-order valence-corrected chi connectivity index (χ3v) is 4.41. The molecule has 1 aliphatic rings. The maximum absolute atomic E-state index is 5.67. The lowest BCUT2D eigenvalue weighted by atomic mass is 10.2. The first-order chi connectivity index (χ1) is 8.20. The molecule has 1 atom stereocenters. The first kappa shape index (κ1) is 12.5. The predicted molar refractivity (Wildman–Crippen MR) is 74.5 cm³/mol. The molecule has 1 fully saturated rings. The van der Waals surface area contributed by atoms with Gasteiger partial charge in [0, 0.05) is 30.1 Å². The standard InChI is InChI=1S/C12H20N4S/c1-9-8-14-12(13)15-11(9)16-6-3-4-10(17-2)5-7-16/h8,10H,3-7H2,1-2H3,(H2,13,14,15). The molecule has 4 nitrogen and oxygen atoms in total. The van der Waals surface area contributed by atoms with E-state index in [0.717, 1.165) is 29.7 Å². The Morgan fingerprint density at radius 3 is 3.00 bits per heavy atom. The topological polar surface area (TPSA) is 55.0 Å². The molecule has 2 heterocycles. The lowest BCUT2D eigenvalue weighted by molar-refractivity contribution is 0.745. The van der Waals surface area contributed by atoms with E-state index in [1.807, 2.05) is 24.9 Å². The molecule has 2 rings (SSSR count). The first-order valence-electron chi connectivity index (χ1n) is 6.07. The Balaban J connectivity index is 2.13. The van der Waals surface area contributed by atoms with Gasteiger partial charge >= 0.3 is 0 Å². The van der Waals surface area contributed by atoms with Crippen LogP contribution < -0.4 is 10.6 Å². The Hall–Kier alpha value is -0.970. The van der Waals surface area contributed by atoms with Crippen LogP contribution in [0.25, 0.3) is 0 Å². The fourth-order valence-electron chi connectivity index (χ4n) is 2.28. The number of anilines is 2. The van der Waals surface area contributed by atoms with E-state index in [1.165, 1.54) is 19.3 Å². The number of rotatable bonds is 2. The zero-order valence-electron chi connectivity index (χ0n) is 10.5. The second-order valence-corrected chi connectivity index (χ2v) is 5.65. The predicted octanol–water partition coefficient (Wildman–Crippen LogP) is 2.09. The lowest BCUT2D eigenvalue weighted by Gasteiger charge is -2.23. The van der Waals surface area contributed by atoms with Gasteiger partial charge in [-0.1, -0.05) is 0 Å². The van der Waals surface area contributed by atoms with Crippen molar-refractivity contribution in [3.63, 3.8) is 0 Å². The SMILES string of the molecule is CSC1CCCN(c2nc(N)ncc2C)CC1. The molecule has 0 saturated carbocycles. The fourth-order valence-corrected chi connectivity index (χ4v) is 3.02. The minimum atomic E-state index is 0.372. The van der Waals surface area contributed by atoms with E-state index in [4.69, 9.17) is 5.73 Å². The Morgan fingerprint density at radius 1 is 1.41 bits per heavy atom. The number of hydrogen-bond donors (Lipinski definition) is 1. The zero-order chi connectivity index (χ0) is 12.3. The highest BCUT2D eigenvalue weighted by molar-refractivity contribution is 7.99. The molecule has 0 amide bonds. The number of nitrogens with two attached hydrogens (primary N) is 1. The molecule has 94 valence electrons. The van der Waals surface area contributed by atoms with Gasteiger partial charge in [0.1, 0.15) is 5.82 Å². The van der Waals surface area contributed by atoms with Crippen LogP contribution in [-0.4, -0.2) is 34.6 Å². The van der Waals surface area contributed by atoms with Crippen molar-refractivity contribution >= 4 is 23.5 Å². The average Bonchev–Trinajstić information content (AvgIpc) is 2.57. The summed E-state index contributed by atoms with van der Waals surface area (Å²) >= 11 is 1.98. The molecule has 0 bridgehead atoms. The number of thioether (sulfide) groups is 1.